The molecule has 146 valence electrons. The van der Waals surface area contributed by atoms with E-state index < -0.39 is 30.7 Å². The molecule has 0 bridgehead atoms. The van der Waals surface area contributed by atoms with Gasteiger partial charge in [-0.25, -0.2) is 0 Å². The fourth-order valence-electron chi connectivity index (χ4n) is 3.11. The summed E-state index contributed by atoms with van der Waals surface area (Å²) >= 11 is 3.39. The Balaban J connectivity index is 1.73. The Morgan fingerprint density at radius 1 is 0.889 bits per heavy atom. The van der Waals surface area contributed by atoms with Gasteiger partial charge in [0.15, 0.2) is 6.29 Å². The molecule has 0 aromatic heterocycles. The van der Waals surface area contributed by atoms with E-state index >= 15 is 0 Å². The van der Waals surface area contributed by atoms with Crippen LogP contribution in [0.1, 0.15) is 11.1 Å². The van der Waals surface area contributed by atoms with Crippen LogP contribution in [0.4, 0.5) is 0 Å². The molecule has 2 aromatic rings. The average Bonchev–Trinajstić information content (AvgIpc) is 2.73. The molecule has 1 heterocycles. The molecule has 0 aliphatic carbocycles. The van der Waals surface area contributed by atoms with Crippen LogP contribution in [0.3, 0.4) is 0 Å². The predicted octanol–water partition coefficient (Wildman–Crippen LogP) is 3.28. The number of halogens is 1. The molecule has 0 spiro atoms. The van der Waals surface area contributed by atoms with Crippen LogP contribution in [-0.4, -0.2) is 48.3 Å². The molecule has 1 aliphatic heterocycles. The Bertz CT molecular complexity index is 669. The summed E-state index contributed by atoms with van der Waals surface area (Å²) in [7, 11) is 1.57. The van der Waals surface area contributed by atoms with Crippen LogP contribution in [-0.2, 0) is 32.2 Å². The molecule has 5 atom stereocenters. The summed E-state index contributed by atoms with van der Waals surface area (Å²) in [5.41, 5.74) is 2.06. The van der Waals surface area contributed by atoms with E-state index in [2.05, 4.69) is 15.9 Å². The standard InChI is InChI=1S/C21H25BrO5/c1-24-21-20(26-14-16-10-6-3-7-11-16)19(18(23)17(12-22)27-21)25-13-15-8-4-2-5-9-15/h2-11,17-21,23H,12-14H2,1H3/t17-,18+,19+,20-,21+/m1/s1. The summed E-state index contributed by atoms with van der Waals surface area (Å²) in [5.74, 6) is 0. The molecule has 1 saturated heterocycles. The normalized spacial score (nSPS) is 28.2. The van der Waals surface area contributed by atoms with E-state index in [-0.39, 0.29) is 0 Å². The van der Waals surface area contributed by atoms with E-state index in [1.807, 2.05) is 60.7 Å². The highest BCUT2D eigenvalue weighted by Gasteiger charge is 2.46. The summed E-state index contributed by atoms with van der Waals surface area (Å²) in [6.07, 6.45) is -3.02. The molecule has 3 rings (SSSR count). The van der Waals surface area contributed by atoms with E-state index in [1.165, 1.54) is 0 Å². The minimum absolute atomic E-state index is 0.374. The van der Waals surface area contributed by atoms with Gasteiger partial charge in [-0.3, -0.25) is 0 Å². The lowest BCUT2D eigenvalue weighted by Crippen LogP contribution is -2.60. The lowest BCUT2D eigenvalue weighted by Gasteiger charge is -2.43. The lowest BCUT2D eigenvalue weighted by atomic mass is 9.99. The molecule has 5 nitrogen and oxygen atoms in total. The Kier molecular flexibility index (Phi) is 7.81. The van der Waals surface area contributed by atoms with Crippen molar-refractivity contribution in [2.75, 3.05) is 12.4 Å². The van der Waals surface area contributed by atoms with E-state index in [0.29, 0.717) is 18.5 Å². The molecule has 1 fully saturated rings. The zero-order valence-corrected chi connectivity index (χ0v) is 16.8. The number of hydrogen-bond acceptors (Lipinski definition) is 5. The van der Waals surface area contributed by atoms with E-state index in [4.69, 9.17) is 18.9 Å². The van der Waals surface area contributed by atoms with Crippen molar-refractivity contribution in [1.82, 2.24) is 0 Å². The zero-order valence-electron chi connectivity index (χ0n) is 15.2. The van der Waals surface area contributed by atoms with Crippen LogP contribution in [0.25, 0.3) is 0 Å². The second-order valence-corrected chi connectivity index (χ2v) is 7.09. The molecular formula is C21H25BrO5. The van der Waals surface area contributed by atoms with Gasteiger partial charge in [0.1, 0.15) is 18.3 Å². The third-order valence-corrected chi connectivity index (χ3v) is 5.21. The fourth-order valence-corrected chi connectivity index (χ4v) is 3.64. The highest BCUT2D eigenvalue weighted by molar-refractivity contribution is 9.09. The fraction of sp³-hybridized carbons (Fsp3) is 0.429. The van der Waals surface area contributed by atoms with Crippen molar-refractivity contribution in [3.8, 4) is 0 Å². The van der Waals surface area contributed by atoms with Gasteiger partial charge in [-0.15, -0.1) is 0 Å². The number of benzene rings is 2. The highest BCUT2D eigenvalue weighted by Crippen LogP contribution is 2.29. The molecule has 27 heavy (non-hydrogen) atoms. The average molecular weight is 437 g/mol. The van der Waals surface area contributed by atoms with Gasteiger partial charge in [0, 0.05) is 12.4 Å². The number of ether oxygens (including phenoxy) is 4. The van der Waals surface area contributed by atoms with Gasteiger partial charge in [-0.05, 0) is 11.1 Å². The molecular weight excluding hydrogens is 412 g/mol. The second-order valence-electron chi connectivity index (χ2n) is 6.45. The summed E-state index contributed by atoms with van der Waals surface area (Å²) in [6, 6.07) is 19.7. The van der Waals surface area contributed by atoms with Crippen molar-refractivity contribution in [3.63, 3.8) is 0 Å². The van der Waals surface area contributed by atoms with Crippen LogP contribution < -0.4 is 0 Å². The quantitative estimate of drug-likeness (QED) is 0.643. The Labute approximate surface area is 168 Å². The molecule has 0 unspecified atom stereocenters. The van der Waals surface area contributed by atoms with Crippen LogP contribution >= 0.6 is 15.9 Å². The van der Waals surface area contributed by atoms with Crippen LogP contribution in [0.2, 0.25) is 0 Å². The number of aliphatic hydroxyl groups is 1. The van der Waals surface area contributed by atoms with Gasteiger partial charge in [0.05, 0.1) is 19.3 Å². The monoisotopic (exact) mass is 436 g/mol. The summed E-state index contributed by atoms with van der Waals surface area (Å²) in [4.78, 5) is 0. The maximum atomic E-state index is 10.8. The summed E-state index contributed by atoms with van der Waals surface area (Å²) in [6.45, 7) is 0.755. The summed E-state index contributed by atoms with van der Waals surface area (Å²) < 4.78 is 23.5. The van der Waals surface area contributed by atoms with E-state index in [1.54, 1.807) is 7.11 Å². The molecule has 1 aliphatic rings. The predicted molar refractivity (Wildman–Crippen MR) is 106 cm³/mol. The van der Waals surface area contributed by atoms with Gasteiger partial charge in [-0.2, -0.15) is 0 Å². The van der Waals surface area contributed by atoms with Gasteiger partial charge in [0.2, 0.25) is 0 Å². The van der Waals surface area contributed by atoms with Crippen LogP contribution in [0.5, 0.6) is 0 Å². The minimum Gasteiger partial charge on any atom is -0.388 e. The number of alkyl halides is 1. The maximum absolute atomic E-state index is 10.8. The first-order valence-corrected chi connectivity index (χ1v) is 10.1. The smallest absolute Gasteiger partial charge is 0.186 e. The van der Waals surface area contributed by atoms with E-state index in [9.17, 15) is 5.11 Å². The van der Waals surface area contributed by atoms with Crippen LogP contribution in [0.15, 0.2) is 60.7 Å². The SMILES string of the molecule is CO[C@H]1O[C@H](CBr)[C@H](O)[C@H](OCc2ccccc2)[C@H]1OCc1ccccc1. The number of rotatable bonds is 8. The first-order chi connectivity index (χ1) is 13.2. The molecule has 6 heteroatoms. The van der Waals surface area contributed by atoms with Crippen LogP contribution in [0, 0.1) is 0 Å². The molecule has 1 N–H and O–H groups in total. The second kappa shape index (κ2) is 10.3. The molecule has 2 aromatic carbocycles. The Morgan fingerprint density at radius 3 is 1.89 bits per heavy atom. The number of aliphatic hydroxyl groups excluding tert-OH is 1. The Hall–Kier alpha value is -1.28. The number of methoxy groups -OCH3 is 1. The first-order valence-electron chi connectivity index (χ1n) is 8.96. The van der Waals surface area contributed by atoms with Gasteiger partial charge < -0.3 is 24.1 Å². The lowest BCUT2D eigenvalue weighted by molar-refractivity contribution is -0.305. The van der Waals surface area contributed by atoms with Gasteiger partial charge in [0.25, 0.3) is 0 Å². The van der Waals surface area contributed by atoms with Crippen molar-refractivity contribution in [3.05, 3.63) is 71.8 Å². The Morgan fingerprint density at radius 2 is 1.41 bits per heavy atom. The molecule has 0 radical (unpaired) electrons. The maximum Gasteiger partial charge on any atom is 0.186 e. The number of hydrogen-bond donors (Lipinski definition) is 1. The summed E-state index contributed by atoms with van der Waals surface area (Å²) in [5, 5.41) is 11.2. The van der Waals surface area contributed by atoms with Crippen molar-refractivity contribution >= 4 is 15.9 Å². The topological polar surface area (TPSA) is 57.2 Å². The third kappa shape index (κ3) is 5.38. The zero-order chi connectivity index (χ0) is 19.1. The van der Waals surface area contributed by atoms with Crippen molar-refractivity contribution in [2.45, 2.75) is 43.9 Å². The van der Waals surface area contributed by atoms with Crippen molar-refractivity contribution in [2.24, 2.45) is 0 Å². The van der Waals surface area contributed by atoms with Gasteiger partial charge >= 0.3 is 0 Å². The molecule has 0 amide bonds. The first kappa shape index (κ1) is 20.5. The van der Waals surface area contributed by atoms with Crippen molar-refractivity contribution in [1.29, 1.82) is 0 Å². The third-order valence-electron chi connectivity index (χ3n) is 4.57. The molecule has 0 saturated carbocycles. The van der Waals surface area contributed by atoms with Crippen molar-refractivity contribution < 1.29 is 24.1 Å². The van der Waals surface area contributed by atoms with E-state index in [0.717, 1.165) is 11.1 Å². The largest absolute Gasteiger partial charge is 0.388 e. The minimum atomic E-state index is -0.833. The van der Waals surface area contributed by atoms with Gasteiger partial charge in [-0.1, -0.05) is 76.6 Å². The highest BCUT2D eigenvalue weighted by atomic mass is 79.9.